The first-order valence-electron chi connectivity index (χ1n) is 9.90. The number of thiazole rings is 1. The topological polar surface area (TPSA) is 117 Å². The first kappa shape index (κ1) is 22.2. The van der Waals surface area contributed by atoms with Crippen molar-refractivity contribution < 1.29 is 4.39 Å². The van der Waals surface area contributed by atoms with E-state index in [4.69, 9.17) is 5.73 Å². The maximum absolute atomic E-state index is 13.2. The van der Waals surface area contributed by atoms with Crippen LogP contribution in [-0.4, -0.2) is 40.9 Å². The Labute approximate surface area is 184 Å². The fourth-order valence-corrected chi connectivity index (χ4v) is 3.72. The lowest BCUT2D eigenvalue weighted by molar-refractivity contribution is 0.627. The van der Waals surface area contributed by atoms with E-state index in [0.717, 1.165) is 30.1 Å². The van der Waals surface area contributed by atoms with Gasteiger partial charge in [0.2, 0.25) is 0 Å². The largest absolute Gasteiger partial charge is 0.382 e. The highest BCUT2D eigenvalue weighted by molar-refractivity contribution is 7.09. The van der Waals surface area contributed by atoms with Crippen LogP contribution in [0.1, 0.15) is 28.4 Å². The number of anilines is 1. The van der Waals surface area contributed by atoms with E-state index in [-0.39, 0.29) is 11.6 Å². The van der Waals surface area contributed by atoms with Gasteiger partial charge in [0.25, 0.3) is 0 Å². The van der Waals surface area contributed by atoms with E-state index in [1.165, 1.54) is 16.8 Å². The minimum Gasteiger partial charge on any atom is -0.382 e. The molecule has 0 spiro atoms. The second kappa shape index (κ2) is 10.5. The molecule has 1 aromatic carbocycles. The molecule has 0 atom stereocenters. The van der Waals surface area contributed by atoms with Gasteiger partial charge in [-0.25, -0.2) is 14.1 Å². The molecule has 3 rings (SSSR count). The molecule has 4 N–H and O–H groups in total. The number of aliphatic imine (C=N–C) groups is 1. The van der Waals surface area contributed by atoms with Gasteiger partial charge < -0.3 is 16.4 Å². The predicted molar refractivity (Wildman–Crippen MR) is 121 cm³/mol. The van der Waals surface area contributed by atoms with Crippen LogP contribution in [0.3, 0.4) is 0 Å². The molecule has 0 fully saturated rings. The summed E-state index contributed by atoms with van der Waals surface area (Å²) in [6, 6.07) is 7.95. The lowest BCUT2D eigenvalue weighted by Crippen LogP contribution is -2.38. The molecule has 0 bridgehead atoms. The fraction of sp³-hybridized carbons (Fsp3) is 0.333. The number of benzene rings is 1. The molecule has 8 nitrogen and oxygen atoms in total. The Morgan fingerprint density at radius 1 is 1.26 bits per heavy atom. The molecule has 0 saturated heterocycles. The maximum atomic E-state index is 13.2. The summed E-state index contributed by atoms with van der Waals surface area (Å²) in [4.78, 5) is 8.67. The van der Waals surface area contributed by atoms with Crippen LogP contribution in [0.5, 0.6) is 0 Å². The van der Waals surface area contributed by atoms with Gasteiger partial charge in [-0.15, -0.1) is 11.3 Å². The molecule has 0 saturated carbocycles. The van der Waals surface area contributed by atoms with Crippen LogP contribution in [0.15, 0.2) is 34.6 Å². The van der Waals surface area contributed by atoms with E-state index in [1.807, 2.05) is 6.92 Å². The van der Waals surface area contributed by atoms with Crippen LogP contribution < -0.4 is 16.4 Å². The van der Waals surface area contributed by atoms with Gasteiger partial charge in [0.15, 0.2) is 5.96 Å². The van der Waals surface area contributed by atoms with Crippen LogP contribution in [0.2, 0.25) is 0 Å². The van der Waals surface area contributed by atoms with Gasteiger partial charge in [0.1, 0.15) is 23.3 Å². The fourth-order valence-electron chi connectivity index (χ4n) is 3.07. The number of nitrogens with zero attached hydrogens (tertiary/aromatic N) is 5. The van der Waals surface area contributed by atoms with Crippen LogP contribution in [-0.2, 0) is 12.8 Å². The zero-order chi connectivity index (χ0) is 22.2. The van der Waals surface area contributed by atoms with Crippen molar-refractivity contribution in [3.05, 3.63) is 57.4 Å². The highest BCUT2D eigenvalue weighted by Gasteiger charge is 2.16. The highest BCUT2D eigenvalue weighted by atomic mass is 32.1. The summed E-state index contributed by atoms with van der Waals surface area (Å²) in [5.74, 6) is 0.626. The van der Waals surface area contributed by atoms with Crippen LogP contribution in [0.25, 0.3) is 5.69 Å². The van der Waals surface area contributed by atoms with Crippen molar-refractivity contribution in [1.29, 1.82) is 5.26 Å². The Hall–Kier alpha value is -3.45. The van der Waals surface area contributed by atoms with Crippen molar-refractivity contribution in [2.24, 2.45) is 4.99 Å². The average Bonchev–Trinajstić information content (AvgIpc) is 3.32. The van der Waals surface area contributed by atoms with Crippen molar-refractivity contribution in [2.45, 2.75) is 26.2 Å². The molecule has 162 valence electrons. The smallest absolute Gasteiger partial charge is 0.190 e. The van der Waals surface area contributed by atoms with Gasteiger partial charge in [-0.1, -0.05) is 0 Å². The molecular formula is C21H25FN8S. The van der Waals surface area contributed by atoms with Gasteiger partial charge in [-0.2, -0.15) is 10.4 Å². The zero-order valence-corrected chi connectivity index (χ0v) is 18.3. The number of nitriles is 1. The van der Waals surface area contributed by atoms with E-state index < -0.39 is 0 Å². The highest BCUT2D eigenvalue weighted by Crippen LogP contribution is 2.21. The molecule has 2 heterocycles. The lowest BCUT2D eigenvalue weighted by Gasteiger charge is -2.11. The third kappa shape index (κ3) is 5.79. The number of aromatic nitrogens is 3. The van der Waals surface area contributed by atoms with Crippen LogP contribution in [0, 0.1) is 24.1 Å². The standard InChI is InChI=1S/C21H25FN8S/c1-14-28-16(13-31-14)9-11-27-21(25-2)26-10-3-4-19-18(12-23)20(24)30(29-19)17-7-5-15(22)6-8-17/h5-8,13H,3-4,9-11,24H2,1-2H3,(H2,25,26,27). The van der Waals surface area contributed by atoms with E-state index in [2.05, 4.69) is 37.2 Å². The predicted octanol–water partition coefficient (Wildman–Crippen LogP) is 2.57. The van der Waals surface area contributed by atoms with Gasteiger partial charge in [-0.05, 0) is 44.0 Å². The number of nitrogen functional groups attached to an aromatic ring is 1. The zero-order valence-electron chi connectivity index (χ0n) is 17.5. The van der Waals surface area contributed by atoms with Crippen molar-refractivity contribution in [1.82, 2.24) is 25.4 Å². The molecule has 0 aliphatic carbocycles. The van der Waals surface area contributed by atoms with E-state index >= 15 is 0 Å². The van der Waals surface area contributed by atoms with Crippen molar-refractivity contribution in [3.63, 3.8) is 0 Å². The number of rotatable bonds is 8. The van der Waals surface area contributed by atoms with Gasteiger partial charge in [-0.3, -0.25) is 4.99 Å². The number of hydrogen-bond acceptors (Lipinski definition) is 6. The Morgan fingerprint density at radius 3 is 2.65 bits per heavy atom. The number of nitrogens with one attached hydrogen (secondary N) is 2. The van der Waals surface area contributed by atoms with Crippen LogP contribution >= 0.6 is 11.3 Å². The molecule has 0 radical (unpaired) electrons. The Kier molecular flexibility index (Phi) is 7.56. The summed E-state index contributed by atoms with van der Waals surface area (Å²) in [7, 11) is 1.72. The Bertz CT molecular complexity index is 1080. The molecule has 2 aromatic heterocycles. The number of guanidine groups is 1. The second-order valence-corrected chi connectivity index (χ2v) is 7.91. The van der Waals surface area contributed by atoms with Gasteiger partial charge in [0.05, 0.1) is 22.1 Å². The quantitative estimate of drug-likeness (QED) is 0.282. The van der Waals surface area contributed by atoms with E-state index in [9.17, 15) is 9.65 Å². The molecule has 10 heteroatoms. The average molecular weight is 441 g/mol. The van der Waals surface area contributed by atoms with Gasteiger partial charge >= 0.3 is 0 Å². The summed E-state index contributed by atoms with van der Waals surface area (Å²) in [5, 5.41) is 23.6. The minimum absolute atomic E-state index is 0.256. The Morgan fingerprint density at radius 2 is 2.00 bits per heavy atom. The number of aryl methyl sites for hydroxylation is 2. The molecule has 3 aromatic rings. The molecule has 0 amide bonds. The first-order chi connectivity index (χ1) is 15.0. The normalized spacial score (nSPS) is 11.4. The maximum Gasteiger partial charge on any atom is 0.190 e. The lowest BCUT2D eigenvalue weighted by atomic mass is 10.1. The minimum atomic E-state index is -0.343. The van der Waals surface area contributed by atoms with E-state index in [0.29, 0.717) is 35.9 Å². The molecule has 0 unspecified atom stereocenters. The Balaban J connectivity index is 1.51. The summed E-state index contributed by atoms with van der Waals surface area (Å²) >= 11 is 1.65. The number of hydrogen-bond donors (Lipinski definition) is 3. The summed E-state index contributed by atoms with van der Waals surface area (Å²) < 4.78 is 14.7. The third-order valence-electron chi connectivity index (χ3n) is 4.62. The van der Waals surface area contributed by atoms with Crippen molar-refractivity contribution in [2.75, 3.05) is 25.9 Å². The molecule has 0 aliphatic heterocycles. The van der Waals surface area contributed by atoms with Crippen molar-refractivity contribution in [3.8, 4) is 11.8 Å². The van der Waals surface area contributed by atoms with Crippen molar-refractivity contribution >= 4 is 23.1 Å². The summed E-state index contributed by atoms with van der Waals surface area (Å²) in [6.07, 6.45) is 2.14. The first-order valence-corrected chi connectivity index (χ1v) is 10.8. The van der Waals surface area contributed by atoms with Crippen LogP contribution in [0.4, 0.5) is 10.2 Å². The second-order valence-electron chi connectivity index (χ2n) is 6.84. The molecular weight excluding hydrogens is 415 g/mol. The monoisotopic (exact) mass is 440 g/mol. The number of nitrogens with two attached hydrogens (primary N) is 1. The summed E-state index contributed by atoms with van der Waals surface area (Å²) in [5.41, 5.74) is 8.75. The molecule has 0 aliphatic rings. The SMILES string of the molecule is CN=C(NCCCc1nn(-c2ccc(F)cc2)c(N)c1C#N)NCCc1csc(C)n1. The summed E-state index contributed by atoms with van der Waals surface area (Å²) in [6.45, 7) is 3.39. The number of halogens is 1. The third-order valence-corrected chi connectivity index (χ3v) is 5.45. The van der Waals surface area contributed by atoms with Gasteiger partial charge in [0, 0.05) is 31.9 Å². The van der Waals surface area contributed by atoms with E-state index in [1.54, 1.807) is 30.5 Å². The molecule has 31 heavy (non-hydrogen) atoms.